The second-order valence-corrected chi connectivity index (χ2v) is 6.33. The third-order valence-corrected chi connectivity index (χ3v) is 3.92. The standard InChI is InChI=1S/C8H16N2OS3/c1-3-13-8(12)14-6(2)7(11)10-5-4-9/h6H,3-5,9H2,1-2H3,(H,10,11). The zero-order valence-electron chi connectivity index (χ0n) is 8.41. The van der Waals surface area contributed by atoms with Crippen molar-refractivity contribution in [3.8, 4) is 0 Å². The van der Waals surface area contributed by atoms with Gasteiger partial charge in [0.1, 0.15) is 3.53 Å². The summed E-state index contributed by atoms with van der Waals surface area (Å²) in [5.41, 5.74) is 5.27. The number of amides is 1. The highest BCUT2D eigenvalue weighted by Gasteiger charge is 2.14. The molecule has 0 aromatic rings. The fourth-order valence-corrected chi connectivity index (χ4v) is 3.25. The number of thioether (sulfide) groups is 2. The molecule has 0 rings (SSSR count). The van der Waals surface area contributed by atoms with Gasteiger partial charge in [-0.3, -0.25) is 4.79 Å². The molecular weight excluding hydrogens is 236 g/mol. The van der Waals surface area contributed by atoms with Gasteiger partial charge < -0.3 is 11.1 Å². The summed E-state index contributed by atoms with van der Waals surface area (Å²) in [6.07, 6.45) is 0. The maximum Gasteiger partial charge on any atom is 0.233 e. The zero-order chi connectivity index (χ0) is 11.0. The molecule has 1 atom stereocenters. The lowest BCUT2D eigenvalue weighted by Crippen LogP contribution is -2.34. The molecule has 0 spiro atoms. The molecule has 3 nitrogen and oxygen atoms in total. The van der Waals surface area contributed by atoms with E-state index in [1.165, 1.54) is 11.8 Å². The third-order valence-electron chi connectivity index (χ3n) is 1.35. The first-order valence-corrected chi connectivity index (χ1v) is 6.70. The maximum atomic E-state index is 11.4. The van der Waals surface area contributed by atoms with Crippen molar-refractivity contribution in [3.05, 3.63) is 0 Å². The van der Waals surface area contributed by atoms with Crippen LogP contribution in [0.2, 0.25) is 0 Å². The molecule has 82 valence electrons. The molecule has 0 heterocycles. The molecule has 0 aromatic heterocycles. The Labute approximate surface area is 99.0 Å². The quantitative estimate of drug-likeness (QED) is 0.721. The highest BCUT2D eigenvalue weighted by Crippen LogP contribution is 2.21. The van der Waals surface area contributed by atoms with Gasteiger partial charge in [0.2, 0.25) is 5.91 Å². The van der Waals surface area contributed by atoms with Gasteiger partial charge in [-0.15, -0.1) is 11.8 Å². The number of carbonyl (C=O) groups excluding carboxylic acids is 1. The number of hydrogen-bond donors (Lipinski definition) is 2. The maximum absolute atomic E-state index is 11.4. The summed E-state index contributed by atoms with van der Waals surface area (Å²) in [6.45, 7) is 4.88. The first kappa shape index (κ1) is 14.2. The monoisotopic (exact) mass is 252 g/mol. The molecule has 0 fully saturated rings. The Hall–Kier alpha value is 0.220. The highest BCUT2D eigenvalue weighted by molar-refractivity contribution is 8.47. The van der Waals surface area contributed by atoms with E-state index in [9.17, 15) is 4.79 Å². The van der Waals surface area contributed by atoms with Crippen LogP contribution in [0.1, 0.15) is 13.8 Å². The van der Waals surface area contributed by atoms with E-state index in [4.69, 9.17) is 18.0 Å². The topological polar surface area (TPSA) is 55.1 Å². The molecule has 0 saturated heterocycles. The SMILES string of the molecule is CCSC(=S)SC(C)C(=O)NCCN. The van der Waals surface area contributed by atoms with Crippen LogP contribution in [0.25, 0.3) is 0 Å². The Morgan fingerprint density at radius 3 is 2.79 bits per heavy atom. The summed E-state index contributed by atoms with van der Waals surface area (Å²) in [6, 6.07) is 0. The number of nitrogens with two attached hydrogens (primary N) is 1. The first-order valence-electron chi connectivity index (χ1n) is 4.43. The van der Waals surface area contributed by atoms with Crippen LogP contribution in [0.4, 0.5) is 0 Å². The molecule has 0 saturated carbocycles. The Bertz CT molecular complexity index is 199. The van der Waals surface area contributed by atoms with Crippen LogP contribution in [-0.4, -0.2) is 33.5 Å². The molecule has 14 heavy (non-hydrogen) atoms. The largest absolute Gasteiger partial charge is 0.354 e. The van der Waals surface area contributed by atoms with Crippen LogP contribution in [0.15, 0.2) is 0 Å². The van der Waals surface area contributed by atoms with Gasteiger partial charge in [-0.2, -0.15) is 0 Å². The predicted molar refractivity (Wildman–Crippen MR) is 69.8 cm³/mol. The summed E-state index contributed by atoms with van der Waals surface area (Å²) < 4.78 is 0.822. The van der Waals surface area contributed by atoms with Crippen LogP contribution in [0.3, 0.4) is 0 Å². The smallest absolute Gasteiger partial charge is 0.233 e. The minimum atomic E-state index is -0.131. The lowest BCUT2D eigenvalue weighted by atomic mass is 10.4. The van der Waals surface area contributed by atoms with Crippen molar-refractivity contribution in [1.29, 1.82) is 0 Å². The first-order chi connectivity index (χ1) is 6.61. The van der Waals surface area contributed by atoms with Crippen LogP contribution >= 0.6 is 35.7 Å². The third kappa shape index (κ3) is 6.64. The minimum absolute atomic E-state index is 0.000460. The van der Waals surface area contributed by atoms with Gasteiger partial charge in [0.15, 0.2) is 0 Å². The normalized spacial score (nSPS) is 12.2. The molecule has 0 radical (unpaired) electrons. The number of nitrogens with one attached hydrogen (secondary N) is 1. The average molecular weight is 252 g/mol. The molecule has 1 unspecified atom stereocenters. The van der Waals surface area contributed by atoms with Crippen molar-refractivity contribution in [2.24, 2.45) is 5.73 Å². The molecule has 3 N–H and O–H groups in total. The van der Waals surface area contributed by atoms with E-state index in [-0.39, 0.29) is 11.2 Å². The Balaban J connectivity index is 3.76. The van der Waals surface area contributed by atoms with Crippen LogP contribution in [0.5, 0.6) is 0 Å². The molecule has 0 aliphatic carbocycles. The number of carbonyl (C=O) groups is 1. The van der Waals surface area contributed by atoms with Crippen molar-refractivity contribution >= 4 is 45.2 Å². The van der Waals surface area contributed by atoms with Crippen molar-refractivity contribution in [3.63, 3.8) is 0 Å². The van der Waals surface area contributed by atoms with Crippen LogP contribution < -0.4 is 11.1 Å². The molecule has 0 aliphatic heterocycles. The van der Waals surface area contributed by atoms with E-state index in [0.29, 0.717) is 13.1 Å². The molecule has 1 amide bonds. The molecule has 6 heteroatoms. The van der Waals surface area contributed by atoms with Crippen molar-refractivity contribution < 1.29 is 4.79 Å². The van der Waals surface area contributed by atoms with Crippen molar-refractivity contribution in [1.82, 2.24) is 5.32 Å². The number of rotatable bonds is 5. The van der Waals surface area contributed by atoms with Gasteiger partial charge in [-0.05, 0) is 12.7 Å². The summed E-state index contributed by atoms with van der Waals surface area (Å²) >= 11 is 8.10. The predicted octanol–water partition coefficient (Wildman–Crippen LogP) is 1.22. The van der Waals surface area contributed by atoms with Crippen LogP contribution in [0, 0.1) is 0 Å². The molecule has 0 aliphatic rings. The Morgan fingerprint density at radius 2 is 2.29 bits per heavy atom. The van der Waals surface area contributed by atoms with E-state index in [1.54, 1.807) is 11.8 Å². The van der Waals surface area contributed by atoms with E-state index in [1.807, 2.05) is 13.8 Å². The van der Waals surface area contributed by atoms with Gasteiger partial charge in [-0.25, -0.2) is 0 Å². The van der Waals surface area contributed by atoms with E-state index in [2.05, 4.69) is 5.32 Å². The Kier molecular flexibility index (Phi) is 8.66. The highest BCUT2D eigenvalue weighted by atomic mass is 32.2. The summed E-state index contributed by atoms with van der Waals surface area (Å²) in [4.78, 5) is 11.4. The average Bonchev–Trinajstić information content (AvgIpc) is 2.14. The Morgan fingerprint density at radius 1 is 1.64 bits per heavy atom. The number of thiocarbonyl (C=S) groups is 1. The minimum Gasteiger partial charge on any atom is -0.354 e. The zero-order valence-corrected chi connectivity index (χ0v) is 10.9. The van der Waals surface area contributed by atoms with Crippen molar-refractivity contribution in [2.45, 2.75) is 19.1 Å². The van der Waals surface area contributed by atoms with E-state index in [0.717, 1.165) is 9.28 Å². The fraction of sp³-hybridized carbons (Fsp3) is 0.750. The van der Waals surface area contributed by atoms with Gasteiger partial charge in [0, 0.05) is 13.1 Å². The number of hydrogen-bond acceptors (Lipinski definition) is 5. The molecular formula is C8H16N2OS3. The second-order valence-electron chi connectivity index (χ2n) is 2.52. The lowest BCUT2D eigenvalue weighted by molar-refractivity contribution is -0.120. The summed E-state index contributed by atoms with van der Waals surface area (Å²) in [5, 5.41) is 2.59. The van der Waals surface area contributed by atoms with Gasteiger partial charge >= 0.3 is 0 Å². The van der Waals surface area contributed by atoms with Crippen molar-refractivity contribution in [2.75, 3.05) is 18.8 Å². The van der Waals surface area contributed by atoms with E-state index < -0.39 is 0 Å². The van der Waals surface area contributed by atoms with Crippen LogP contribution in [-0.2, 0) is 4.79 Å². The van der Waals surface area contributed by atoms with Gasteiger partial charge in [0.05, 0.1) is 5.25 Å². The van der Waals surface area contributed by atoms with Gasteiger partial charge in [-0.1, -0.05) is 30.9 Å². The van der Waals surface area contributed by atoms with Gasteiger partial charge in [0.25, 0.3) is 0 Å². The summed E-state index contributed by atoms with van der Waals surface area (Å²) in [5.74, 6) is 0.947. The van der Waals surface area contributed by atoms with E-state index >= 15 is 0 Å². The molecule has 0 aromatic carbocycles. The molecule has 0 bridgehead atoms. The second kappa shape index (κ2) is 8.52. The summed E-state index contributed by atoms with van der Waals surface area (Å²) in [7, 11) is 0. The fourth-order valence-electron chi connectivity index (χ4n) is 0.689. The lowest BCUT2D eigenvalue weighted by Gasteiger charge is -2.10.